The summed E-state index contributed by atoms with van der Waals surface area (Å²) in [4.78, 5) is 2.40. The number of piperidine rings is 1. The van der Waals surface area contributed by atoms with E-state index in [0.29, 0.717) is 24.8 Å². The molecular weight excluding hydrogens is 491 g/mol. The van der Waals surface area contributed by atoms with Crippen molar-refractivity contribution in [3.8, 4) is 17.2 Å². The molecule has 3 aromatic rings. The number of likely N-dealkylation sites (tertiary alicyclic amines) is 1. The van der Waals surface area contributed by atoms with Crippen LogP contribution in [0.2, 0.25) is 0 Å². The molecule has 6 heteroatoms. The molecule has 0 saturated carbocycles. The Hall–Kier alpha value is -3.25. The summed E-state index contributed by atoms with van der Waals surface area (Å²) in [7, 11) is 3.42. The molecule has 1 N–H and O–H groups in total. The molecule has 3 aromatic carbocycles. The van der Waals surface area contributed by atoms with Crippen LogP contribution in [0.3, 0.4) is 0 Å². The highest BCUT2D eigenvalue weighted by molar-refractivity contribution is 5.58. The van der Waals surface area contributed by atoms with Gasteiger partial charge in [-0.05, 0) is 110 Å². The molecule has 0 radical (unpaired) electrons. The third-order valence-electron chi connectivity index (χ3n) is 8.18. The van der Waals surface area contributed by atoms with Crippen molar-refractivity contribution in [3.63, 3.8) is 0 Å². The van der Waals surface area contributed by atoms with Crippen molar-refractivity contribution in [2.45, 2.75) is 50.9 Å². The number of halogens is 1. The summed E-state index contributed by atoms with van der Waals surface area (Å²) >= 11 is 0. The largest absolute Gasteiger partial charge is 0.497 e. The quantitative estimate of drug-likeness (QED) is 0.300. The summed E-state index contributed by atoms with van der Waals surface area (Å²) in [5.41, 5.74) is 6.13. The molecule has 208 valence electrons. The highest BCUT2D eigenvalue weighted by Gasteiger charge is 2.23. The predicted molar refractivity (Wildman–Crippen MR) is 155 cm³/mol. The average Bonchev–Trinajstić information content (AvgIpc) is 2.98. The molecule has 5 nitrogen and oxygen atoms in total. The minimum atomic E-state index is -0.286. The summed E-state index contributed by atoms with van der Waals surface area (Å²) in [5, 5.41) is 3.62. The van der Waals surface area contributed by atoms with Crippen LogP contribution in [0.25, 0.3) is 0 Å². The molecule has 0 bridgehead atoms. The molecule has 0 spiro atoms. The number of hydrogen-bond donors (Lipinski definition) is 1. The van der Waals surface area contributed by atoms with Crippen molar-refractivity contribution in [1.29, 1.82) is 0 Å². The number of methoxy groups -OCH3 is 2. The minimum absolute atomic E-state index is 0.286. The van der Waals surface area contributed by atoms with Crippen molar-refractivity contribution in [2.24, 2.45) is 0 Å². The van der Waals surface area contributed by atoms with E-state index in [1.54, 1.807) is 26.4 Å². The van der Waals surface area contributed by atoms with E-state index in [9.17, 15) is 4.39 Å². The van der Waals surface area contributed by atoms with Gasteiger partial charge in [-0.25, -0.2) is 4.39 Å². The Morgan fingerprint density at radius 1 is 0.897 bits per heavy atom. The normalized spacial score (nSPS) is 17.4. The molecule has 0 amide bonds. The number of anilines is 1. The average molecular weight is 533 g/mol. The Kier molecular flexibility index (Phi) is 9.25. The van der Waals surface area contributed by atoms with Gasteiger partial charge in [0, 0.05) is 24.8 Å². The lowest BCUT2D eigenvalue weighted by Gasteiger charge is -2.27. The van der Waals surface area contributed by atoms with Gasteiger partial charge in [0.1, 0.15) is 18.1 Å². The third-order valence-corrected chi connectivity index (χ3v) is 8.18. The second kappa shape index (κ2) is 13.2. The Morgan fingerprint density at radius 2 is 1.69 bits per heavy atom. The van der Waals surface area contributed by atoms with Gasteiger partial charge in [0.15, 0.2) is 11.6 Å². The third kappa shape index (κ3) is 7.04. The van der Waals surface area contributed by atoms with E-state index in [4.69, 9.17) is 14.2 Å². The first kappa shape index (κ1) is 27.3. The minimum Gasteiger partial charge on any atom is -0.497 e. The smallest absolute Gasteiger partial charge is 0.165 e. The lowest BCUT2D eigenvalue weighted by Crippen LogP contribution is -2.33. The fourth-order valence-corrected chi connectivity index (χ4v) is 5.92. The second-order valence-corrected chi connectivity index (χ2v) is 10.7. The fraction of sp³-hybridized carbons (Fsp3) is 0.455. The maximum absolute atomic E-state index is 14.8. The van der Waals surface area contributed by atoms with E-state index in [2.05, 4.69) is 40.5 Å². The highest BCUT2D eigenvalue weighted by atomic mass is 19.1. The van der Waals surface area contributed by atoms with Crippen molar-refractivity contribution >= 4 is 5.69 Å². The van der Waals surface area contributed by atoms with E-state index in [-0.39, 0.29) is 5.82 Å². The first-order valence-electron chi connectivity index (χ1n) is 14.3. The molecule has 1 fully saturated rings. The number of ether oxygens (including phenoxy) is 3. The van der Waals surface area contributed by atoms with E-state index >= 15 is 0 Å². The van der Waals surface area contributed by atoms with Crippen LogP contribution in [0.5, 0.6) is 17.2 Å². The Labute approximate surface area is 232 Å². The first-order chi connectivity index (χ1) is 19.1. The van der Waals surface area contributed by atoms with Gasteiger partial charge in [-0.1, -0.05) is 24.6 Å². The van der Waals surface area contributed by atoms with Gasteiger partial charge < -0.3 is 19.5 Å². The van der Waals surface area contributed by atoms with Crippen LogP contribution in [0.15, 0.2) is 54.6 Å². The van der Waals surface area contributed by atoms with Gasteiger partial charge in [0.25, 0.3) is 0 Å². The Balaban J connectivity index is 1.18. The number of benzene rings is 3. The van der Waals surface area contributed by atoms with Crippen LogP contribution < -0.4 is 19.5 Å². The topological polar surface area (TPSA) is 43.0 Å². The summed E-state index contributed by atoms with van der Waals surface area (Å²) in [5.74, 6) is 2.24. The van der Waals surface area contributed by atoms with Gasteiger partial charge in [0.2, 0.25) is 0 Å². The van der Waals surface area contributed by atoms with Crippen LogP contribution in [0.1, 0.15) is 53.9 Å². The standard InChI is InChI=1S/C33H41FN2O3/c1-37-28-10-9-25-21-27(8-7-26(25)22-28)30-12-11-29(38-2)23-32(30)35-15-14-24-6-13-33(31(34)20-24)39-19-18-36-16-4-3-5-17-36/h6,9-13,20,22-23,27,35H,3-5,7-8,14-19,21H2,1-2H3. The zero-order valence-corrected chi connectivity index (χ0v) is 23.3. The number of aryl methyl sites for hydroxylation is 1. The predicted octanol–water partition coefficient (Wildman–Crippen LogP) is 6.63. The maximum atomic E-state index is 14.8. The SMILES string of the molecule is COc1ccc2c(c1)CCC(c1ccc(OC)cc1NCCc1ccc(OCCN3CCCCC3)c(F)c1)C2. The van der Waals surface area contributed by atoms with Crippen molar-refractivity contribution in [1.82, 2.24) is 4.90 Å². The van der Waals surface area contributed by atoms with E-state index < -0.39 is 0 Å². The number of hydrogen-bond acceptors (Lipinski definition) is 5. The molecule has 5 rings (SSSR count). The number of fused-ring (bicyclic) bond motifs is 1. The first-order valence-corrected chi connectivity index (χ1v) is 14.3. The van der Waals surface area contributed by atoms with E-state index in [1.165, 1.54) is 36.0 Å². The molecule has 1 unspecified atom stereocenters. The number of nitrogens with one attached hydrogen (secondary N) is 1. The Morgan fingerprint density at radius 3 is 2.49 bits per heavy atom. The molecule has 39 heavy (non-hydrogen) atoms. The molecule has 1 saturated heterocycles. The summed E-state index contributed by atoms with van der Waals surface area (Å²) < 4.78 is 31.5. The van der Waals surface area contributed by atoms with Gasteiger partial charge in [0.05, 0.1) is 14.2 Å². The van der Waals surface area contributed by atoms with Crippen LogP contribution >= 0.6 is 0 Å². The maximum Gasteiger partial charge on any atom is 0.165 e. The van der Waals surface area contributed by atoms with Crippen molar-refractivity contribution in [3.05, 3.63) is 82.7 Å². The van der Waals surface area contributed by atoms with Crippen LogP contribution in [-0.2, 0) is 19.3 Å². The lowest BCUT2D eigenvalue weighted by molar-refractivity contribution is 0.180. The van der Waals surface area contributed by atoms with Gasteiger partial charge in [-0.3, -0.25) is 4.90 Å². The van der Waals surface area contributed by atoms with Gasteiger partial charge in [-0.15, -0.1) is 0 Å². The molecule has 1 aliphatic heterocycles. The molecule has 1 atom stereocenters. The van der Waals surface area contributed by atoms with Crippen molar-refractivity contribution in [2.75, 3.05) is 52.3 Å². The van der Waals surface area contributed by atoms with E-state index in [0.717, 1.165) is 68.1 Å². The van der Waals surface area contributed by atoms with Crippen molar-refractivity contribution < 1.29 is 18.6 Å². The molecule has 0 aromatic heterocycles. The zero-order valence-electron chi connectivity index (χ0n) is 23.3. The lowest BCUT2D eigenvalue weighted by atomic mass is 9.79. The molecule has 1 heterocycles. The summed E-state index contributed by atoms with van der Waals surface area (Å²) in [6, 6.07) is 18.1. The van der Waals surface area contributed by atoms with Gasteiger partial charge in [-0.2, -0.15) is 0 Å². The van der Waals surface area contributed by atoms with Crippen LogP contribution in [-0.4, -0.2) is 51.9 Å². The highest BCUT2D eigenvalue weighted by Crippen LogP contribution is 2.38. The molecular formula is C33H41FN2O3. The molecule has 1 aliphatic carbocycles. The molecule has 2 aliphatic rings. The van der Waals surface area contributed by atoms with Crippen LogP contribution in [0, 0.1) is 5.82 Å². The van der Waals surface area contributed by atoms with Crippen LogP contribution in [0.4, 0.5) is 10.1 Å². The fourth-order valence-electron chi connectivity index (χ4n) is 5.92. The van der Waals surface area contributed by atoms with E-state index in [1.807, 2.05) is 12.1 Å². The second-order valence-electron chi connectivity index (χ2n) is 10.7. The zero-order chi connectivity index (χ0) is 27.0. The summed E-state index contributed by atoms with van der Waals surface area (Å²) in [6.07, 6.45) is 7.66. The monoisotopic (exact) mass is 532 g/mol. The number of rotatable bonds is 11. The number of nitrogens with zero attached hydrogens (tertiary/aromatic N) is 1. The Bertz CT molecular complexity index is 1240. The summed E-state index contributed by atoms with van der Waals surface area (Å²) in [6.45, 7) is 4.33. The van der Waals surface area contributed by atoms with Gasteiger partial charge >= 0.3 is 0 Å².